The number of halogens is 2. The molecule has 0 spiro atoms. The Morgan fingerprint density at radius 1 is 1.08 bits per heavy atom. The van der Waals surface area contributed by atoms with Gasteiger partial charge < -0.3 is 15.1 Å². The minimum absolute atomic E-state index is 0.0691. The van der Waals surface area contributed by atoms with Gasteiger partial charge >= 0.3 is 0 Å². The van der Waals surface area contributed by atoms with Crippen LogP contribution in [0.3, 0.4) is 0 Å². The van der Waals surface area contributed by atoms with Crippen LogP contribution in [0.1, 0.15) is 60.9 Å². The Balaban J connectivity index is 1.40. The number of benzene rings is 1. The zero-order chi connectivity index (χ0) is 25.8. The molecule has 1 N–H and O–H groups in total. The minimum Gasteiger partial charge on any atom is -0.351 e. The molecule has 0 saturated carbocycles. The number of nitrogens with one attached hydrogen (secondary N) is 1. The zero-order valence-electron chi connectivity index (χ0n) is 21.1. The molecule has 10 heteroatoms. The second-order valence-electron chi connectivity index (χ2n) is 9.52. The average molecular weight is 534 g/mol. The Morgan fingerprint density at radius 3 is 2.39 bits per heavy atom. The van der Waals surface area contributed by atoms with Crippen LogP contribution < -0.4 is 10.2 Å². The quantitative estimate of drug-likeness (QED) is 0.602. The zero-order valence-corrected chi connectivity index (χ0v) is 22.6. The van der Waals surface area contributed by atoms with Crippen LogP contribution in [0.4, 0.5) is 5.82 Å². The molecule has 194 valence electrons. The van der Waals surface area contributed by atoms with E-state index in [-0.39, 0.29) is 28.7 Å². The molecule has 3 heterocycles. The Morgan fingerprint density at radius 2 is 1.78 bits per heavy atom. The van der Waals surface area contributed by atoms with E-state index in [1.54, 1.807) is 24.3 Å². The fourth-order valence-corrected chi connectivity index (χ4v) is 5.63. The SMILES string of the molecule is CCNC(=O)c1cnc(N2C[C@H](CC)N(C3CCN(C(=O)c4ccc(Cl)cc4)CC3)C[C@H]2C)c(Cl)n1. The van der Waals surface area contributed by atoms with Crippen LogP contribution in [0.25, 0.3) is 0 Å². The lowest BCUT2D eigenvalue weighted by Gasteiger charge is -2.50. The Labute approximate surface area is 223 Å². The third-order valence-corrected chi connectivity index (χ3v) is 7.73. The molecule has 2 aromatic rings. The first kappa shape index (κ1) is 26.6. The first-order chi connectivity index (χ1) is 17.3. The lowest BCUT2D eigenvalue weighted by molar-refractivity contribution is 0.0434. The van der Waals surface area contributed by atoms with E-state index in [1.165, 1.54) is 6.20 Å². The lowest BCUT2D eigenvalue weighted by atomic mass is 9.96. The van der Waals surface area contributed by atoms with Gasteiger partial charge in [0.1, 0.15) is 5.69 Å². The fourth-order valence-electron chi connectivity index (χ4n) is 5.26. The number of hydrogen-bond acceptors (Lipinski definition) is 6. The van der Waals surface area contributed by atoms with Crippen LogP contribution in [0.2, 0.25) is 10.2 Å². The van der Waals surface area contributed by atoms with E-state index < -0.39 is 0 Å². The van der Waals surface area contributed by atoms with Gasteiger partial charge in [-0.1, -0.05) is 30.1 Å². The van der Waals surface area contributed by atoms with Crippen LogP contribution in [0.15, 0.2) is 30.5 Å². The van der Waals surface area contributed by atoms with Gasteiger partial charge in [0.2, 0.25) is 0 Å². The number of carbonyl (C=O) groups excluding carboxylic acids is 2. The number of likely N-dealkylation sites (tertiary alicyclic amines) is 1. The first-order valence-corrected chi connectivity index (χ1v) is 13.5. The van der Waals surface area contributed by atoms with E-state index in [9.17, 15) is 9.59 Å². The monoisotopic (exact) mass is 532 g/mol. The number of amides is 2. The maximum atomic E-state index is 12.9. The van der Waals surface area contributed by atoms with Crippen LogP contribution >= 0.6 is 23.2 Å². The summed E-state index contributed by atoms with van der Waals surface area (Å²) >= 11 is 12.5. The second kappa shape index (κ2) is 11.8. The summed E-state index contributed by atoms with van der Waals surface area (Å²) in [7, 11) is 0. The maximum absolute atomic E-state index is 12.9. The van der Waals surface area contributed by atoms with Crippen LogP contribution in [0.5, 0.6) is 0 Å². The number of piperidine rings is 1. The largest absolute Gasteiger partial charge is 0.351 e. The number of rotatable bonds is 6. The van der Waals surface area contributed by atoms with Gasteiger partial charge in [-0.25, -0.2) is 9.97 Å². The third kappa shape index (κ3) is 5.76. The van der Waals surface area contributed by atoms with Gasteiger partial charge in [0, 0.05) is 61.4 Å². The van der Waals surface area contributed by atoms with Gasteiger partial charge in [0.15, 0.2) is 11.0 Å². The molecule has 2 aliphatic rings. The Kier molecular flexibility index (Phi) is 8.70. The van der Waals surface area contributed by atoms with E-state index in [0.29, 0.717) is 35.0 Å². The van der Waals surface area contributed by atoms with Crippen molar-refractivity contribution in [2.24, 2.45) is 0 Å². The molecular formula is C26H34Cl2N6O2. The molecule has 2 amide bonds. The fraction of sp³-hybridized carbons (Fsp3) is 0.538. The lowest BCUT2D eigenvalue weighted by Crippen LogP contribution is -2.62. The van der Waals surface area contributed by atoms with E-state index >= 15 is 0 Å². The van der Waals surface area contributed by atoms with Gasteiger partial charge in [-0.15, -0.1) is 0 Å². The van der Waals surface area contributed by atoms with Crippen molar-refractivity contribution in [3.8, 4) is 0 Å². The van der Waals surface area contributed by atoms with Gasteiger partial charge in [0.25, 0.3) is 11.8 Å². The highest BCUT2D eigenvalue weighted by molar-refractivity contribution is 6.32. The van der Waals surface area contributed by atoms with Gasteiger partial charge in [0.05, 0.1) is 6.20 Å². The Hall–Kier alpha value is -2.42. The predicted molar refractivity (Wildman–Crippen MR) is 143 cm³/mol. The average Bonchev–Trinajstić information content (AvgIpc) is 2.89. The van der Waals surface area contributed by atoms with E-state index in [0.717, 1.165) is 45.4 Å². The number of anilines is 1. The number of aromatic nitrogens is 2. The van der Waals surface area contributed by atoms with E-state index in [2.05, 4.69) is 38.9 Å². The first-order valence-electron chi connectivity index (χ1n) is 12.7. The van der Waals surface area contributed by atoms with Crippen molar-refractivity contribution in [1.29, 1.82) is 0 Å². The number of piperazine rings is 1. The highest BCUT2D eigenvalue weighted by Gasteiger charge is 2.38. The molecule has 8 nitrogen and oxygen atoms in total. The summed E-state index contributed by atoms with van der Waals surface area (Å²) in [5.41, 5.74) is 0.909. The predicted octanol–water partition coefficient (Wildman–Crippen LogP) is 4.13. The molecule has 36 heavy (non-hydrogen) atoms. The van der Waals surface area contributed by atoms with Crippen molar-refractivity contribution in [3.63, 3.8) is 0 Å². The second-order valence-corrected chi connectivity index (χ2v) is 10.3. The summed E-state index contributed by atoms with van der Waals surface area (Å²) in [5.74, 6) is 0.418. The van der Waals surface area contributed by atoms with Crippen LogP contribution in [0, 0.1) is 0 Å². The molecule has 2 atom stereocenters. The van der Waals surface area contributed by atoms with Crippen molar-refractivity contribution in [1.82, 2.24) is 25.1 Å². The molecule has 4 rings (SSSR count). The number of nitrogens with zero attached hydrogens (tertiary/aromatic N) is 5. The maximum Gasteiger partial charge on any atom is 0.271 e. The third-order valence-electron chi connectivity index (χ3n) is 7.22. The Bertz CT molecular complexity index is 1070. The summed E-state index contributed by atoms with van der Waals surface area (Å²) in [4.78, 5) is 40.6. The van der Waals surface area contributed by atoms with Gasteiger partial charge in [-0.3, -0.25) is 14.5 Å². The topological polar surface area (TPSA) is 81.7 Å². The molecule has 2 saturated heterocycles. The van der Waals surface area contributed by atoms with Gasteiger partial charge in [-0.2, -0.15) is 0 Å². The summed E-state index contributed by atoms with van der Waals surface area (Å²) in [6.07, 6.45) is 4.39. The summed E-state index contributed by atoms with van der Waals surface area (Å²) in [6.45, 7) is 9.91. The summed E-state index contributed by atoms with van der Waals surface area (Å²) < 4.78 is 0. The van der Waals surface area contributed by atoms with E-state index in [4.69, 9.17) is 23.2 Å². The van der Waals surface area contributed by atoms with Gasteiger partial charge in [-0.05, 0) is 57.4 Å². The van der Waals surface area contributed by atoms with Crippen molar-refractivity contribution in [2.75, 3.05) is 37.6 Å². The molecule has 1 aromatic heterocycles. The van der Waals surface area contributed by atoms with Crippen molar-refractivity contribution < 1.29 is 9.59 Å². The molecule has 0 unspecified atom stereocenters. The molecule has 0 bridgehead atoms. The normalized spacial score (nSPS) is 21.5. The van der Waals surface area contributed by atoms with Crippen molar-refractivity contribution >= 4 is 40.8 Å². The number of carbonyl (C=O) groups is 2. The summed E-state index contributed by atoms with van der Waals surface area (Å²) in [6, 6.07) is 8.06. The van der Waals surface area contributed by atoms with Crippen molar-refractivity contribution in [3.05, 3.63) is 51.9 Å². The summed E-state index contributed by atoms with van der Waals surface area (Å²) in [5, 5.41) is 3.61. The van der Waals surface area contributed by atoms with Crippen LogP contribution in [-0.4, -0.2) is 82.4 Å². The van der Waals surface area contributed by atoms with E-state index in [1.807, 2.05) is 11.8 Å². The van der Waals surface area contributed by atoms with Crippen molar-refractivity contribution in [2.45, 2.75) is 58.2 Å². The molecule has 2 fully saturated rings. The molecule has 0 aliphatic carbocycles. The standard InChI is InChI=1S/C26H34Cl2N6O2/c1-4-20-16-33(24-23(28)31-22(14-30-24)25(35)29-5-2)17(3)15-34(20)21-10-12-32(13-11-21)26(36)18-6-8-19(27)9-7-18/h6-9,14,17,20-21H,4-5,10-13,15-16H2,1-3H3,(H,29,35)/t17-,20+/m1/s1. The minimum atomic E-state index is -0.274. The molecular weight excluding hydrogens is 499 g/mol. The highest BCUT2D eigenvalue weighted by Crippen LogP contribution is 2.31. The van der Waals surface area contributed by atoms with Crippen LogP contribution in [-0.2, 0) is 0 Å². The smallest absolute Gasteiger partial charge is 0.271 e. The highest BCUT2D eigenvalue weighted by atomic mass is 35.5. The number of hydrogen-bond donors (Lipinski definition) is 1. The molecule has 0 radical (unpaired) electrons. The molecule has 2 aliphatic heterocycles. The molecule has 1 aromatic carbocycles.